The number of nitro groups is 1. The van der Waals surface area contributed by atoms with Gasteiger partial charge in [0.05, 0.1) is 4.92 Å². The molecular formula is C11H11NO5. The number of phenolic OH excluding ortho intramolecular Hbond substituents is 1. The van der Waals surface area contributed by atoms with E-state index in [4.69, 9.17) is 4.74 Å². The second-order valence-electron chi connectivity index (χ2n) is 3.35. The number of hydrogen-bond donors (Lipinski definition) is 1. The van der Waals surface area contributed by atoms with Gasteiger partial charge < -0.3 is 9.84 Å². The Balaban J connectivity index is 3.04. The van der Waals surface area contributed by atoms with Crippen LogP contribution in [0.25, 0.3) is 6.08 Å². The van der Waals surface area contributed by atoms with Crippen molar-refractivity contribution in [1.82, 2.24) is 0 Å². The third-order valence-corrected chi connectivity index (χ3v) is 1.87. The molecule has 0 aliphatic rings. The summed E-state index contributed by atoms with van der Waals surface area (Å²) >= 11 is 0. The molecule has 1 N–H and O–H groups in total. The summed E-state index contributed by atoms with van der Waals surface area (Å²) in [6, 6.07) is 3.89. The molecule has 0 fully saturated rings. The monoisotopic (exact) mass is 237 g/mol. The first-order valence-electron chi connectivity index (χ1n) is 4.74. The van der Waals surface area contributed by atoms with Gasteiger partial charge in [-0.2, -0.15) is 0 Å². The first-order chi connectivity index (χ1) is 7.90. The molecule has 1 aromatic rings. The highest BCUT2D eigenvalue weighted by Gasteiger charge is 2.12. The van der Waals surface area contributed by atoms with E-state index in [1.54, 1.807) is 6.92 Å². The number of ether oxygens (including phenoxy) is 1. The van der Waals surface area contributed by atoms with E-state index in [0.29, 0.717) is 11.3 Å². The molecule has 0 spiro atoms. The van der Waals surface area contributed by atoms with Gasteiger partial charge in [0.1, 0.15) is 5.76 Å². The summed E-state index contributed by atoms with van der Waals surface area (Å²) in [5, 5.41) is 19.8. The van der Waals surface area contributed by atoms with Gasteiger partial charge in [-0.25, -0.2) is 0 Å². The molecule has 0 heterocycles. The van der Waals surface area contributed by atoms with Crippen molar-refractivity contribution in [2.45, 2.75) is 13.8 Å². The Labute approximate surface area is 97.3 Å². The second-order valence-corrected chi connectivity index (χ2v) is 3.35. The van der Waals surface area contributed by atoms with Crippen LogP contribution in [0.4, 0.5) is 5.69 Å². The number of esters is 1. The summed E-state index contributed by atoms with van der Waals surface area (Å²) in [5.74, 6) is -0.554. The van der Waals surface area contributed by atoms with Gasteiger partial charge in [-0.1, -0.05) is 6.07 Å². The summed E-state index contributed by atoms with van der Waals surface area (Å²) in [4.78, 5) is 20.6. The molecule has 0 bridgehead atoms. The lowest BCUT2D eigenvalue weighted by Gasteiger charge is -2.01. The van der Waals surface area contributed by atoms with E-state index in [9.17, 15) is 20.0 Å². The SMILES string of the molecule is CC(=O)O/C(C)=C\c1ccc(O)c([N+](=O)[O-])c1. The summed E-state index contributed by atoms with van der Waals surface area (Å²) in [7, 11) is 0. The van der Waals surface area contributed by atoms with Crippen LogP contribution in [0.15, 0.2) is 24.0 Å². The van der Waals surface area contributed by atoms with Crippen LogP contribution in [0.5, 0.6) is 5.75 Å². The van der Waals surface area contributed by atoms with E-state index in [2.05, 4.69) is 0 Å². The maximum absolute atomic E-state index is 10.7. The molecule has 90 valence electrons. The zero-order chi connectivity index (χ0) is 13.0. The molecule has 1 rings (SSSR count). The Hall–Kier alpha value is -2.37. The Morgan fingerprint density at radius 3 is 2.65 bits per heavy atom. The maximum Gasteiger partial charge on any atom is 0.311 e. The van der Waals surface area contributed by atoms with Crippen molar-refractivity contribution < 1.29 is 19.6 Å². The van der Waals surface area contributed by atoms with E-state index in [1.807, 2.05) is 0 Å². The molecule has 0 unspecified atom stereocenters. The minimum Gasteiger partial charge on any atom is -0.502 e. The largest absolute Gasteiger partial charge is 0.502 e. The van der Waals surface area contributed by atoms with Gasteiger partial charge in [-0.3, -0.25) is 14.9 Å². The third-order valence-electron chi connectivity index (χ3n) is 1.87. The molecule has 0 saturated heterocycles. The normalized spacial score (nSPS) is 11.1. The molecule has 0 radical (unpaired) electrons. The highest BCUT2D eigenvalue weighted by molar-refractivity contribution is 5.69. The Bertz CT molecular complexity index is 493. The first kappa shape index (κ1) is 12.7. The summed E-state index contributed by atoms with van der Waals surface area (Å²) in [6.45, 7) is 2.82. The number of benzene rings is 1. The van der Waals surface area contributed by atoms with E-state index in [1.165, 1.54) is 31.2 Å². The summed E-state index contributed by atoms with van der Waals surface area (Å²) in [6.07, 6.45) is 1.47. The van der Waals surface area contributed by atoms with Gasteiger partial charge in [-0.15, -0.1) is 0 Å². The van der Waals surface area contributed by atoms with E-state index < -0.39 is 22.3 Å². The zero-order valence-electron chi connectivity index (χ0n) is 9.34. The number of carbonyl (C=O) groups is 1. The van der Waals surface area contributed by atoms with Gasteiger partial charge in [0.15, 0.2) is 5.75 Å². The number of rotatable bonds is 3. The minimum atomic E-state index is -0.687. The lowest BCUT2D eigenvalue weighted by molar-refractivity contribution is -0.385. The van der Waals surface area contributed by atoms with Gasteiger partial charge in [0, 0.05) is 13.0 Å². The first-order valence-corrected chi connectivity index (χ1v) is 4.74. The van der Waals surface area contributed by atoms with Crippen LogP contribution in [0.2, 0.25) is 0 Å². The molecule has 6 heteroatoms. The predicted octanol–water partition coefficient (Wildman–Crippen LogP) is 2.22. The average Bonchev–Trinajstić information content (AvgIpc) is 2.19. The highest BCUT2D eigenvalue weighted by Crippen LogP contribution is 2.27. The van der Waals surface area contributed by atoms with Gasteiger partial charge in [0.2, 0.25) is 0 Å². The Morgan fingerprint density at radius 2 is 2.12 bits per heavy atom. The molecule has 6 nitrogen and oxygen atoms in total. The average molecular weight is 237 g/mol. The summed E-state index contributed by atoms with van der Waals surface area (Å²) < 4.78 is 4.77. The standard InChI is InChI=1S/C11H11NO5/c1-7(17-8(2)13)5-9-3-4-11(14)10(6-9)12(15)16/h3-6,14H,1-2H3/b7-5-. The molecule has 0 aromatic heterocycles. The molecule has 0 amide bonds. The van der Waals surface area contributed by atoms with Crippen LogP contribution >= 0.6 is 0 Å². The second kappa shape index (κ2) is 5.11. The van der Waals surface area contributed by atoms with Crippen molar-refractivity contribution in [2.75, 3.05) is 0 Å². The van der Waals surface area contributed by atoms with Crippen LogP contribution in [0.1, 0.15) is 19.4 Å². The Kier molecular flexibility index (Phi) is 3.82. The smallest absolute Gasteiger partial charge is 0.311 e. The van der Waals surface area contributed by atoms with E-state index in [0.717, 1.165) is 0 Å². The van der Waals surface area contributed by atoms with Crippen molar-refractivity contribution in [1.29, 1.82) is 0 Å². The van der Waals surface area contributed by atoms with E-state index in [-0.39, 0.29) is 0 Å². The summed E-state index contributed by atoms with van der Waals surface area (Å²) in [5.41, 5.74) is 0.0719. The fourth-order valence-corrected chi connectivity index (χ4v) is 1.27. The predicted molar refractivity (Wildman–Crippen MR) is 60.2 cm³/mol. The number of nitro benzene ring substituents is 1. The molecule has 0 atom stereocenters. The van der Waals surface area contributed by atoms with Crippen LogP contribution in [-0.4, -0.2) is 16.0 Å². The van der Waals surface area contributed by atoms with Crippen LogP contribution in [-0.2, 0) is 9.53 Å². The van der Waals surface area contributed by atoms with Gasteiger partial charge in [0.25, 0.3) is 0 Å². The lowest BCUT2D eigenvalue weighted by atomic mass is 10.1. The van der Waals surface area contributed by atoms with Crippen molar-refractivity contribution in [3.63, 3.8) is 0 Å². The lowest BCUT2D eigenvalue weighted by Crippen LogP contribution is -1.95. The number of nitrogens with zero attached hydrogens (tertiary/aromatic N) is 1. The number of carbonyl (C=O) groups excluding carboxylic acids is 1. The maximum atomic E-state index is 10.7. The minimum absolute atomic E-state index is 0.317. The van der Waals surface area contributed by atoms with Crippen LogP contribution in [0.3, 0.4) is 0 Å². The van der Waals surface area contributed by atoms with Crippen LogP contribution in [0, 0.1) is 10.1 Å². The quantitative estimate of drug-likeness (QED) is 0.377. The molecule has 0 saturated carbocycles. The Morgan fingerprint density at radius 1 is 1.47 bits per heavy atom. The number of phenols is 1. The molecule has 17 heavy (non-hydrogen) atoms. The highest BCUT2D eigenvalue weighted by atomic mass is 16.6. The zero-order valence-corrected chi connectivity index (χ0v) is 9.34. The number of allylic oxidation sites excluding steroid dienone is 1. The third kappa shape index (κ3) is 3.60. The molecule has 1 aromatic carbocycles. The topological polar surface area (TPSA) is 89.7 Å². The molecule has 0 aliphatic heterocycles. The van der Waals surface area contributed by atoms with Crippen molar-refractivity contribution in [3.05, 3.63) is 39.6 Å². The molecule has 0 aliphatic carbocycles. The fraction of sp³-hybridized carbons (Fsp3) is 0.182. The number of aromatic hydroxyl groups is 1. The number of hydrogen-bond acceptors (Lipinski definition) is 5. The van der Waals surface area contributed by atoms with Crippen molar-refractivity contribution >= 4 is 17.7 Å². The van der Waals surface area contributed by atoms with Crippen LogP contribution < -0.4 is 0 Å². The van der Waals surface area contributed by atoms with Crippen molar-refractivity contribution in [3.8, 4) is 5.75 Å². The van der Waals surface area contributed by atoms with E-state index >= 15 is 0 Å². The fourth-order valence-electron chi connectivity index (χ4n) is 1.27. The van der Waals surface area contributed by atoms with Crippen molar-refractivity contribution in [2.24, 2.45) is 0 Å². The van der Waals surface area contributed by atoms with Gasteiger partial charge >= 0.3 is 11.7 Å². The molecular weight excluding hydrogens is 226 g/mol. The van der Waals surface area contributed by atoms with Gasteiger partial charge in [-0.05, 0) is 24.6 Å².